The molecule has 1 aromatic carbocycles. The second-order valence-electron chi connectivity index (χ2n) is 6.15. The van der Waals surface area contributed by atoms with Crippen molar-refractivity contribution in [2.45, 2.75) is 39.4 Å². The van der Waals surface area contributed by atoms with Crippen molar-refractivity contribution in [1.82, 2.24) is 5.32 Å². The minimum absolute atomic E-state index is 0.000984. The summed E-state index contributed by atoms with van der Waals surface area (Å²) in [6.07, 6.45) is -0.000984. The van der Waals surface area contributed by atoms with Gasteiger partial charge in [0.25, 0.3) is 0 Å². The number of hydrogen-bond acceptors (Lipinski definition) is 4. The predicted molar refractivity (Wildman–Crippen MR) is 92.2 cm³/mol. The Kier molecular flexibility index (Phi) is 5.51. The third-order valence-corrected chi connectivity index (χ3v) is 3.36. The van der Waals surface area contributed by atoms with Gasteiger partial charge in [0.15, 0.2) is 0 Å². The van der Waals surface area contributed by atoms with Crippen molar-refractivity contribution >= 4 is 11.7 Å². The summed E-state index contributed by atoms with van der Waals surface area (Å²) >= 11 is 0. The molecule has 0 aliphatic heterocycles. The number of furan rings is 1. The van der Waals surface area contributed by atoms with Gasteiger partial charge in [-0.2, -0.15) is 0 Å². The fourth-order valence-corrected chi connectivity index (χ4v) is 2.16. The second kappa shape index (κ2) is 7.40. The van der Waals surface area contributed by atoms with Crippen LogP contribution >= 0.6 is 0 Å². The first-order valence-electron chi connectivity index (χ1n) is 7.88. The molecule has 6 nitrogen and oxygen atoms in total. The largest absolute Gasteiger partial charge is 0.489 e. The van der Waals surface area contributed by atoms with Gasteiger partial charge < -0.3 is 24.9 Å². The Hall–Kier alpha value is -2.47. The van der Waals surface area contributed by atoms with Crippen molar-refractivity contribution in [1.29, 1.82) is 0 Å². The fourth-order valence-electron chi connectivity index (χ4n) is 2.16. The average molecular weight is 332 g/mol. The molecule has 0 spiro atoms. The number of nitrogens with one attached hydrogen (secondary N) is 2. The van der Waals surface area contributed by atoms with Crippen molar-refractivity contribution in [3.05, 3.63) is 47.9 Å². The van der Waals surface area contributed by atoms with Gasteiger partial charge in [0.05, 0.1) is 18.3 Å². The summed E-state index contributed by atoms with van der Waals surface area (Å²) in [7, 11) is 0. The van der Waals surface area contributed by atoms with Crippen molar-refractivity contribution in [2.75, 3.05) is 11.9 Å². The van der Waals surface area contributed by atoms with E-state index in [4.69, 9.17) is 9.15 Å². The molecule has 0 aliphatic rings. The lowest BCUT2D eigenvalue weighted by Crippen LogP contribution is -2.40. The van der Waals surface area contributed by atoms with Crippen LogP contribution < -0.4 is 15.4 Å². The van der Waals surface area contributed by atoms with Gasteiger partial charge in [0.2, 0.25) is 0 Å². The number of amides is 2. The first-order valence-corrected chi connectivity index (χ1v) is 7.88. The molecule has 130 valence electrons. The van der Waals surface area contributed by atoms with E-state index >= 15 is 0 Å². The van der Waals surface area contributed by atoms with E-state index in [1.807, 2.05) is 26.0 Å². The summed E-state index contributed by atoms with van der Waals surface area (Å²) in [5.41, 5.74) is -0.725. The number of rotatable bonds is 6. The Morgan fingerprint density at radius 2 is 2.00 bits per heavy atom. The Balaban J connectivity index is 1.96. The van der Waals surface area contributed by atoms with Crippen molar-refractivity contribution < 1.29 is 19.1 Å². The van der Waals surface area contributed by atoms with Crippen LogP contribution in [0.3, 0.4) is 0 Å². The minimum atomic E-state index is -1.29. The monoisotopic (exact) mass is 332 g/mol. The van der Waals surface area contributed by atoms with Gasteiger partial charge in [-0.05, 0) is 52.0 Å². The number of aryl methyl sites for hydroxylation is 1. The van der Waals surface area contributed by atoms with Crippen LogP contribution in [0.15, 0.2) is 40.8 Å². The number of urea groups is 1. The van der Waals surface area contributed by atoms with Crippen LogP contribution in [0.2, 0.25) is 0 Å². The molecule has 0 radical (unpaired) electrons. The van der Waals surface area contributed by atoms with E-state index in [9.17, 15) is 9.90 Å². The molecule has 3 N–H and O–H groups in total. The predicted octanol–water partition coefficient (Wildman–Crippen LogP) is 3.40. The quantitative estimate of drug-likeness (QED) is 0.757. The highest BCUT2D eigenvalue weighted by molar-refractivity contribution is 5.90. The van der Waals surface area contributed by atoms with Crippen LogP contribution in [0.25, 0.3) is 0 Å². The Labute approximate surface area is 141 Å². The van der Waals surface area contributed by atoms with Gasteiger partial charge in [-0.25, -0.2) is 4.79 Å². The van der Waals surface area contributed by atoms with Crippen LogP contribution in [0.4, 0.5) is 10.5 Å². The summed E-state index contributed by atoms with van der Waals surface area (Å²) in [4.78, 5) is 12.1. The third-order valence-electron chi connectivity index (χ3n) is 3.36. The molecule has 1 aromatic heterocycles. The van der Waals surface area contributed by atoms with E-state index in [-0.39, 0.29) is 12.6 Å². The Morgan fingerprint density at radius 3 is 2.62 bits per heavy atom. The first-order chi connectivity index (χ1) is 11.3. The van der Waals surface area contributed by atoms with E-state index in [1.165, 1.54) is 0 Å². The zero-order chi connectivity index (χ0) is 17.7. The smallest absolute Gasteiger partial charge is 0.319 e. The molecule has 2 amide bonds. The van der Waals surface area contributed by atoms with Gasteiger partial charge in [0.1, 0.15) is 22.9 Å². The van der Waals surface area contributed by atoms with Crippen molar-refractivity contribution in [2.24, 2.45) is 0 Å². The van der Waals surface area contributed by atoms with E-state index in [2.05, 4.69) is 10.6 Å². The first kappa shape index (κ1) is 17.9. The highest BCUT2D eigenvalue weighted by Gasteiger charge is 2.27. The minimum Gasteiger partial charge on any atom is -0.489 e. The maximum absolute atomic E-state index is 12.1. The molecule has 2 rings (SSSR count). The number of carbonyl (C=O) groups is 1. The van der Waals surface area contributed by atoms with Gasteiger partial charge in [0, 0.05) is 0 Å². The van der Waals surface area contributed by atoms with Crippen LogP contribution in [0.1, 0.15) is 32.3 Å². The maximum atomic E-state index is 12.1. The number of para-hydroxylation sites is 2. The fraction of sp³-hybridized carbons (Fsp3) is 0.389. The molecule has 0 saturated carbocycles. The van der Waals surface area contributed by atoms with E-state index < -0.39 is 11.6 Å². The van der Waals surface area contributed by atoms with E-state index in [1.54, 1.807) is 38.1 Å². The summed E-state index contributed by atoms with van der Waals surface area (Å²) in [5, 5.41) is 15.8. The normalized spacial score (nSPS) is 13.4. The number of anilines is 1. The van der Waals surface area contributed by atoms with Gasteiger partial charge in [-0.3, -0.25) is 0 Å². The van der Waals surface area contributed by atoms with Crippen molar-refractivity contribution in [3.63, 3.8) is 0 Å². The lowest BCUT2D eigenvalue weighted by Gasteiger charge is -2.22. The highest BCUT2D eigenvalue weighted by atomic mass is 16.5. The summed E-state index contributed by atoms with van der Waals surface area (Å²) in [5.74, 6) is 1.70. The second-order valence-corrected chi connectivity index (χ2v) is 6.15. The standard InChI is InChI=1S/C18H24N2O4/c1-12(2)23-15-8-6-5-7-14(15)20-17(21)19-11-18(4,22)16-10-9-13(3)24-16/h5-10,12,22H,11H2,1-4H3,(H2,19,20,21). The molecule has 0 saturated heterocycles. The third kappa shape index (κ3) is 4.76. The molecule has 0 fully saturated rings. The number of aliphatic hydroxyl groups is 1. The molecular weight excluding hydrogens is 308 g/mol. The molecule has 1 unspecified atom stereocenters. The Morgan fingerprint density at radius 1 is 1.29 bits per heavy atom. The summed E-state index contributed by atoms with van der Waals surface area (Å²) in [6.45, 7) is 7.23. The molecule has 24 heavy (non-hydrogen) atoms. The van der Waals surface area contributed by atoms with Crippen LogP contribution in [-0.4, -0.2) is 23.8 Å². The van der Waals surface area contributed by atoms with Crippen LogP contribution in [-0.2, 0) is 5.60 Å². The topological polar surface area (TPSA) is 83.7 Å². The molecule has 2 aromatic rings. The summed E-state index contributed by atoms with van der Waals surface area (Å²) < 4.78 is 11.1. The lowest BCUT2D eigenvalue weighted by molar-refractivity contribution is 0.0364. The molecule has 1 heterocycles. The van der Waals surface area contributed by atoms with Gasteiger partial charge in [-0.1, -0.05) is 12.1 Å². The zero-order valence-electron chi connectivity index (χ0n) is 14.4. The van der Waals surface area contributed by atoms with E-state index in [0.717, 1.165) is 0 Å². The molecule has 0 aliphatic carbocycles. The van der Waals surface area contributed by atoms with Gasteiger partial charge >= 0.3 is 6.03 Å². The summed E-state index contributed by atoms with van der Waals surface area (Å²) in [6, 6.07) is 10.2. The number of ether oxygens (including phenoxy) is 1. The van der Waals surface area contributed by atoms with Crippen molar-refractivity contribution in [3.8, 4) is 5.75 Å². The maximum Gasteiger partial charge on any atom is 0.319 e. The highest BCUT2D eigenvalue weighted by Crippen LogP contribution is 2.25. The van der Waals surface area contributed by atoms with E-state index in [0.29, 0.717) is 23.0 Å². The molecule has 0 bridgehead atoms. The molecule has 1 atom stereocenters. The van der Waals surface area contributed by atoms with Gasteiger partial charge in [-0.15, -0.1) is 0 Å². The molecular formula is C18H24N2O4. The lowest BCUT2D eigenvalue weighted by atomic mass is 10.0. The molecule has 6 heteroatoms. The Bertz CT molecular complexity index is 692. The average Bonchev–Trinajstić information content (AvgIpc) is 2.94. The number of hydrogen-bond donors (Lipinski definition) is 3. The van der Waals surface area contributed by atoms with Crippen LogP contribution in [0, 0.1) is 6.92 Å². The SMILES string of the molecule is Cc1ccc(C(C)(O)CNC(=O)Nc2ccccc2OC(C)C)o1. The number of carbonyl (C=O) groups excluding carboxylic acids is 1. The number of benzene rings is 1. The van der Waals surface area contributed by atoms with Crippen LogP contribution in [0.5, 0.6) is 5.75 Å². The zero-order valence-corrected chi connectivity index (χ0v) is 14.4.